The van der Waals surface area contributed by atoms with Gasteiger partial charge in [-0.25, -0.2) is 0 Å². The maximum atomic E-state index is 2.20. The number of benzene rings is 4. The Morgan fingerprint density at radius 1 is 0.472 bits per heavy atom. The van der Waals surface area contributed by atoms with E-state index in [9.17, 15) is 0 Å². The van der Waals surface area contributed by atoms with Crippen LogP contribution in [0.4, 0.5) is 0 Å². The summed E-state index contributed by atoms with van der Waals surface area (Å²) in [6.45, 7) is 4.25. The Bertz CT molecular complexity index is 1230. The van der Waals surface area contributed by atoms with E-state index in [2.05, 4.69) is 147 Å². The predicted octanol–water partition coefficient (Wildman–Crippen LogP) is 1.08. The summed E-state index contributed by atoms with van der Waals surface area (Å²) in [6.07, 6.45) is 0. The summed E-state index contributed by atoms with van der Waals surface area (Å²) in [7, 11) is 0.777. The third kappa shape index (κ3) is 9.67. The van der Waals surface area contributed by atoms with Gasteiger partial charge in [0.25, 0.3) is 0 Å². The standard InChI is InChI=1S/C12H10Si.2C10H9.2ClH.Hf/c1-3-7-11(8-4-1)13-12-9-5-2-6-10-12;2*1-8-6-9-4-2-3-5-10(9)7-8;;;/h1-10H;2*2-7H,1H3;2*1H;/q;2*-1;;;+4/p-2. The zero-order valence-corrected chi connectivity index (χ0v) is 26.6. The van der Waals surface area contributed by atoms with E-state index in [1.165, 1.54) is 43.0 Å². The Balaban J connectivity index is 0.000000262. The third-order valence-corrected chi connectivity index (χ3v) is 6.60. The van der Waals surface area contributed by atoms with Gasteiger partial charge in [0.2, 0.25) is 0 Å². The molecule has 0 saturated heterocycles. The normalized spacial score (nSPS) is 9.39. The van der Waals surface area contributed by atoms with Gasteiger partial charge < -0.3 is 24.8 Å². The van der Waals surface area contributed by atoms with E-state index in [0.29, 0.717) is 0 Å². The second-order valence-corrected chi connectivity index (χ2v) is 9.58. The Hall–Kier alpha value is -2.23. The van der Waals surface area contributed by atoms with Crippen molar-refractivity contribution < 1.29 is 50.7 Å². The molecule has 0 heterocycles. The van der Waals surface area contributed by atoms with Crippen LogP contribution in [0, 0.1) is 13.8 Å². The molecule has 0 aliphatic heterocycles. The summed E-state index contributed by atoms with van der Waals surface area (Å²) in [5.41, 5.74) is 2.70. The smallest absolute Gasteiger partial charge is 1.00 e. The van der Waals surface area contributed by atoms with E-state index in [4.69, 9.17) is 0 Å². The second-order valence-electron chi connectivity index (χ2n) is 8.18. The Labute approximate surface area is 248 Å². The van der Waals surface area contributed by atoms with Gasteiger partial charge in [-0.05, 0) is 0 Å². The molecule has 6 aromatic carbocycles. The second kappa shape index (κ2) is 16.5. The summed E-state index contributed by atoms with van der Waals surface area (Å²) in [5.74, 6) is 0. The largest absolute Gasteiger partial charge is 4.00 e. The van der Waals surface area contributed by atoms with Crippen LogP contribution in [0.25, 0.3) is 21.5 Å². The van der Waals surface area contributed by atoms with Gasteiger partial charge in [-0.3, -0.25) is 0 Å². The van der Waals surface area contributed by atoms with Crippen molar-refractivity contribution in [3.05, 3.63) is 145 Å². The number of fused-ring (bicyclic) bond motifs is 2. The predicted molar refractivity (Wildman–Crippen MR) is 146 cm³/mol. The van der Waals surface area contributed by atoms with E-state index < -0.39 is 0 Å². The minimum absolute atomic E-state index is 0. The zero-order chi connectivity index (χ0) is 22.9. The first kappa shape index (κ1) is 31.8. The Morgan fingerprint density at radius 3 is 1.17 bits per heavy atom. The summed E-state index contributed by atoms with van der Waals surface area (Å²) >= 11 is 0. The van der Waals surface area contributed by atoms with Crippen molar-refractivity contribution in [2.75, 3.05) is 0 Å². The van der Waals surface area contributed by atoms with E-state index in [0.717, 1.165) is 9.52 Å². The number of hydrogen-bond acceptors (Lipinski definition) is 0. The van der Waals surface area contributed by atoms with Crippen molar-refractivity contribution in [2.45, 2.75) is 13.8 Å². The van der Waals surface area contributed by atoms with Crippen molar-refractivity contribution >= 4 is 41.4 Å². The van der Waals surface area contributed by atoms with Gasteiger partial charge in [0, 0.05) is 0 Å². The van der Waals surface area contributed by atoms with Crippen LogP contribution in [0.3, 0.4) is 0 Å². The maximum absolute atomic E-state index is 2.20. The molecule has 0 unspecified atom stereocenters. The Morgan fingerprint density at radius 2 is 0.806 bits per heavy atom. The van der Waals surface area contributed by atoms with Gasteiger partial charge >= 0.3 is 25.8 Å². The molecule has 0 atom stereocenters. The summed E-state index contributed by atoms with van der Waals surface area (Å²) in [6, 6.07) is 46.8. The van der Waals surface area contributed by atoms with E-state index >= 15 is 0 Å². The van der Waals surface area contributed by atoms with Crippen molar-refractivity contribution in [1.82, 2.24) is 0 Å². The number of hydrogen-bond donors (Lipinski definition) is 0. The van der Waals surface area contributed by atoms with E-state index in [1.54, 1.807) is 0 Å². The van der Waals surface area contributed by atoms with Crippen LogP contribution in [0.2, 0.25) is 0 Å². The van der Waals surface area contributed by atoms with Crippen LogP contribution in [0.1, 0.15) is 11.1 Å². The minimum Gasteiger partial charge on any atom is -1.00 e. The first-order chi connectivity index (χ1) is 16.2. The molecule has 4 heteroatoms. The monoisotopic (exact) mass is 690 g/mol. The van der Waals surface area contributed by atoms with Crippen molar-refractivity contribution in [3.8, 4) is 0 Å². The zero-order valence-electron chi connectivity index (χ0n) is 20.5. The van der Waals surface area contributed by atoms with Crippen molar-refractivity contribution in [2.24, 2.45) is 0 Å². The minimum atomic E-state index is 0. The van der Waals surface area contributed by atoms with Crippen LogP contribution in [-0.2, 0) is 25.8 Å². The number of rotatable bonds is 2. The van der Waals surface area contributed by atoms with E-state index in [1.807, 2.05) is 0 Å². The molecule has 0 aliphatic rings. The third-order valence-electron chi connectivity index (χ3n) is 5.36. The van der Waals surface area contributed by atoms with Crippen LogP contribution >= 0.6 is 0 Å². The first-order valence-corrected chi connectivity index (χ1v) is 12.3. The molecule has 36 heavy (non-hydrogen) atoms. The molecule has 0 aliphatic carbocycles. The number of halogens is 2. The van der Waals surface area contributed by atoms with Crippen LogP contribution < -0.4 is 35.2 Å². The van der Waals surface area contributed by atoms with Gasteiger partial charge in [-0.1, -0.05) is 97.0 Å². The fourth-order valence-corrected chi connectivity index (χ4v) is 4.87. The molecule has 0 bridgehead atoms. The molecule has 2 radical (unpaired) electrons. The molecule has 0 nitrogen and oxygen atoms in total. The SMILES string of the molecule is Cc1cc2ccccc2[cH-]1.Cc1cc2ccccc2[cH-]1.[Cl-].[Cl-].[Hf+4].c1ccc([Si]c2ccccc2)cc1. The molecule has 0 spiro atoms. The molecule has 178 valence electrons. The molecule has 6 aromatic rings. The van der Waals surface area contributed by atoms with Crippen LogP contribution in [0.5, 0.6) is 0 Å². The Kier molecular flexibility index (Phi) is 14.6. The molecule has 0 saturated carbocycles. The molecule has 0 N–H and O–H groups in total. The molecule has 0 aromatic heterocycles. The molecular formula is C32H28Cl2HfSi. The van der Waals surface area contributed by atoms with Gasteiger partial charge in [0.1, 0.15) is 9.52 Å². The fourth-order valence-electron chi connectivity index (χ4n) is 3.82. The average molecular weight is 690 g/mol. The molecule has 6 rings (SSSR count). The quantitative estimate of drug-likeness (QED) is 0.189. The number of aryl methyl sites for hydroxylation is 2. The van der Waals surface area contributed by atoms with E-state index in [-0.39, 0.29) is 50.7 Å². The molecule has 0 fully saturated rings. The average Bonchev–Trinajstić information content (AvgIpc) is 3.41. The fraction of sp³-hybridized carbons (Fsp3) is 0.0625. The van der Waals surface area contributed by atoms with Crippen molar-refractivity contribution in [1.29, 1.82) is 0 Å². The van der Waals surface area contributed by atoms with Gasteiger partial charge in [-0.2, -0.15) is 12.1 Å². The first-order valence-electron chi connectivity index (χ1n) is 11.3. The van der Waals surface area contributed by atoms with Crippen molar-refractivity contribution in [3.63, 3.8) is 0 Å². The summed E-state index contributed by atoms with van der Waals surface area (Å²) in [4.78, 5) is 0. The summed E-state index contributed by atoms with van der Waals surface area (Å²) < 4.78 is 0. The van der Waals surface area contributed by atoms with Gasteiger partial charge in [0.05, 0.1) is 0 Å². The molecular weight excluding hydrogens is 662 g/mol. The molecule has 0 amide bonds. The van der Waals surface area contributed by atoms with Crippen LogP contribution in [0.15, 0.2) is 133 Å². The van der Waals surface area contributed by atoms with Gasteiger partial charge in [0.15, 0.2) is 0 Å². The summed E-state index contributed by atoms with van der Waals surface area (Å²) in [5, 5.41) is 8.18. The van der Waals surface area contributed by atoms with Gasteiger partial charge in [-0.15, -0.1) is 81.2 Å². The maximum Gasteiger partial charge on any atom is 4.00 e. The topological polar surface area (TPSA) is 0 Å². The van der Waals surface area contributed by atoms with Crippen LogP contribution in [-0.4, -0.2) is 9.52 Å².